The maximum absolute atomic E-state index is 13.1. The molecule has 1 aromatic rings. The van der Waals surface area contributed by atoms with Gasteiger partial charge < -0.3 is 14.9 Å². The van der Waals surface area contributed by atoms with E-state index in [1.54, 1.807) is 12.1 Å². The van der Waals surface area contributed by atoms with Crippen LogP contribution in [0.3, 0.4) is 0 Å². The fourth-order valence-electron chi connectivity index (χ4n) is 5.68. The largest absolute Gasteiger partial charge is 0.508 e. The molecule has 0 bridgehead atoms. The van der Waals surface area contributed by atoms with Crippen molar-refractivity contribution >= 4 is 5.91 Å². The summed E-state index contributed by atoms with van der Waals surface area (Å²) in [6.45, 7) is 8.41. The Hall–Kier alpha value is -2.27. The number of carbonyl (C=O) groups is 1. The molecule has 2 aliphatic heterocycles. The molecule has 1 unspecified atom stereocenters. The first kappa shape index (κ1) is 21.9. The van der Waals surface area contributed by atoms with Gasteiger partial charge in [0.1, 0.15) is 5.75 Å². The second-order valence-electron chi connectivity index (χ2n) is 10.2. The van der Waals surface area contributed by atoms with E-state index in [2.05, 4.69) is 60.9 Å². The minimum absolute atomic E-state index is 0.225. The number of hydrogen-bond donors (Lipinski definition) is 1. The summed E-state index contributed by atoms with van der Waals surface area (Å²) >= 11 is 0. The first-order valence-corrected chi connectivity index (χ1v) is 11.7. The molecule has 0 aromatic heterocycles. The number of benzene rings is 1. The van der Waals surface area contributed by atoms with Gasteiger partial charge in [-0.2, -0.15) is 0 Å². The van der Waals surface area contributed by atoms with Gasteiger partial charge in [-0.25, -0.2) is 0 Å². The summed E-state index contributed by atoms with van der Waals surface area (Å²) in [5.41, 5.74) is 3.76. The predicted octanol–water partition coefficient (Wildman–Crippen LogP) is 4.18. The van der Waals surface area contributed by atoms with E-state index in [4.69, 9.17) is 0 Å². The fraction of sp³-hybridized carbons (Fsp3) is 0.577. The monoisotopic (exact) mass is 423 g/mol. The van der Waals surface area contributed by atoms with Crippen LogP contribution in [0, 0.1) is 11.3 Å². The highest BCUT2D eigenvalue weighted by atomic mass is 16.3. The van der Waals surface area contributed by atoms with E-state index in [1.165, 1.54) is 11.3 Å². The van der Waals surface area contributed by atoms with E-state index in [-0.39, 0.29) is 11.3 Å². The summed E-state index contributed by atoms with van der Waals surface area (Å²) in [6, 6.07) is 8.14. The third kappa shape index (κ3) is 4.38. The van der Waals surface area contributed by atoms with Crippen LogP contribution in [0.15, 0.2) is 47.7 Å². The Morgan fingerprint density at radius 1 is 1.13 bits per heavy atom. The Bertz CT molecular complexity index is 861. The van der Waals surface area contributed by atoms with Crippen molar-refractivity contribution in [3.8, 4) is 5.75 Å². The Morgan fingerprint density at radius 3 is 2.35 bits per heavy atom. The zero-order valence-electron chi connectivity index (χ0n) is 19.5. The Balaban J connectivity index is 1.45. The number of aromatic hydroxyl groups is 1. The van der Waals surface area contributed by atoms with Crippen molar-refractivity contribution in [3.63, 3.8) is 0 Å². The van der Waals surface area contributed by atoms with Gasteiger partial charge in [0.05, 0.1) is 0 Å². The first-order valence-electron chi connectivity index (χ1n) is 11.7. The quantitative estimate of drug-likeness (QED) is 0.772. The highest BCUT2D eigenvalue weighted by Gasteiger charge is 2.54. The van der Waals surface area contributed by atoms with Crippen molar-refractivity contribution in [1.82, 2.24) is 14.7 Å². The molecule has 3 aliphatic rings. The smallest absolute Gasteiger partial charge is 0.249 e. The number of likely N-dealkylation sites (tertiary alicyclic amines) is 2. The molecule has 5 nitrogen and oxygen atoms in total. The van der Waals surface area contributed by atoms with Crippen LogP contribution in [-0.2, 0) is 4.79 Å². The zero-order valence-corrected chi connectivity index (χ0v) is 19.5. The number of rotatable bonds is 5. The number of nitrogens with zero attached hydrogens (tertiary/aromatic N) is 3. The van der Waals surface area contributed by atoms with Gasteiger partial charge in [0, 0.05) is 63.0 Å². The van der Waals surface area contributed by atoms with Gasteiger partial charge in [-0.3, -0.25) is 9.69 Å². The average molecular weight is 424 g/mol. The molecule has 0 saturated carbocycles. The molecule has 1 aromatic carbocycles. The van der Waals surface area contributed by atoms with Gasteiger partial charge in [0.2, 0.25) is 5.91 Å². The Labute approximate surface area is 187 Å². The summed E-state index contributed by atoms with van der Waals surface area (Å²) in [4.78, 5) is 19.9. The minimum atomic E-state index is 0.225. The number of phenolic OH excluding ortho intramolecular Hbond substituents is 1. The van der Waals surface area contributed by atoms with Gasteiger partial charge >= 0.3 is 0 Å². The van der Waals surface area contributed by atoms with Gasteiger partial charge in [-0.05, 0) is 55.4 Å². The lowest BCUT2D eigenvalue weighted by molar-refractivity contribution is -0.141. The number of hydrogen-bond acceptors (Lipinski definition) is 4. The van der Waals surface area contributed by atoms with Crippen molar-refractivity contribution in [1.29, 1.82) is 0 Å². The zero-order chi connectivity index (χ0) is 22.2. The molecular formula is C26H37N3O2. The van der Waals surface area contributed by atoms with Crippen molar-refractivity contribution < 1.29 is 9.90 Å². The van der Waals surface area contributed by atoms with Gasteiger partial charge in [0.25, 0.3) is 0 Å². The number of carbonyl (C=O) groups excluding carboxylic acids is 1. The molecule has 168 valence electrons. The van der Waals surface area contributed by atoms with Gasteiger partial charge in [-0.1, -0.05) is 32.1 Å². The Kier molecular flexibility index (Phi) is 6.16. The highest BCUT2D eigenvalue weighted by molar-refractivity contribution is 5.94. The molecule has 4 rings (SSSR count). The predicted molar refractivity (Wildman–Crippen MR) is 125 cm³/mol. The molecule has 1 amide bonds. The fourth-order valence-corrected chi connectivity index (χ4v) is 5.68. The minimum Gasteiger partial charge on any atom is -0.508 e. The summed E-state index contributed by atoms with van der Waals surface area (Å²) in [5.74, 6) is 1.17. The normalized spacial score (nSPS) is 23.4. The summed E-state index contributed by atoms with van der Waals surface area (Å²) in [7, 11) is 4.12. The average Bonchev–Trinajstić information content (AvgIpc) is 2.74. The van der Waals surface area contributed by atoms with Crippen LogP contribution in [0.4, 0.5) is 0 Å². The molecule has 2 fully saturated rings. The van der Waals surface area contributed by atoms with E-state index >= 15 is 0 Å². The van der Waals surface area contributed by atoms with Crippen LogP contribution in [0.5, 0.6) is 5.75 Å². The maximum Gasteiger partial charge on any atom is 0.249 e. The second-order valence-corrected chi connectivity index (χ2v) is 10.2. The van der Waals surface area contributed by atoms with E-state index in [0.717, 1.165) is 57.4 Å². The number of phenols is 1. The molecule has 1 aliphatic carbocycles. The van der Waals surface area contributed by atoms with Crippen LogP contribution >= 0.6 is 0 Å². The number of amides is 1. The first-order chi connectivity index (χ1) is 14.8. The summed E-state index contributed by atoms with van der Waals surface area (Å²) in [6.07, 6.45) is 7.99. The third-order valence-corrected chi connectivity index (χ3v) is 7.29. The molecule has 31 heavy (non-hydrogen) atoms. The molecule has 0 radical (unpaired) electrons. The Morgan fingerprint density at radius 2 is 1.81 bits per heavy atom. The molecule has 2 heterocycles. The topological polar surface area (TPSA) is 47.0 Å². The number of allylic oxidation sites excluding steroid dienone is 3. The van der Waals surface area contributed by atoms with Gasteiger partial charge in [-0.15, -0.1) is 0 Å². The van der Waals surface area contributed by atoms with Crippen molar-refractivity contribution in [2.45, 2.75) is 45.6 Å². The second kappa shape index (κ2) is 8.70. The van der Waals surface area contributed by atoms with Crippen LogP contribution in [-0.4, -0.2) is 66.0 Å². The summed E-state index contributed by atoms with van der Waals surface area (Å²) in [5, 5.41) is 9.74. The van der Waals surface area contributed by atoms with Crippen molar-refractivity contribution in [2.75, 3.05) is 40.3 Å². The van der Waals surface area contributed by atoms with Crippen LogP contribution in [0.2, 0.25) is 0 Å². The van der Waals surface area contributed by atoms with Gasteiger partial charge in [0.15, 0.2) is 0 Å². The molecular weight excluding hydrogens is 386 g/mol. The van der Waals surface area contributed by atoms with E-state index in [9.17, 15) is 9.90 Å². The molecule has 5 heteroatoms. The lowest BCUT2D eigenvalue weighted by atomic mass is 9.63. The third-order valence-electron chi connectivity index (χ3n) is 7.29. The lowest BCUT2D eigenvalue weighted by Crippen LogP contribution is -2.63. The van der Waals surface area contributed by atoms with E-state index in [1.807, 2.05) is 6.08 Å². The van der Waals surface area contributed by atoms with Crippen LogP contribution in [0.1, 0.15) is 51.1 Å². The molecule has 1 atom stereocenters. The van der Waals surface area contributed by atoms with Crippen molar-refractivity contribution in [3.05, 3.63) is 53.3 Å². The maximum atomic E-state index is 13.1. The standard InChI is InChI=1S/C26H37N3O2/c1-19(2)17-29-18-26(24(29)20-7-11-23(30)12-8-20)13-15-28(16-14-26)25(31)21-5-9-22(10-6-21)27(3)4/h5,7-9,11-12,19,24,30H,6,10,13-18H2,1-4H3. The van der Waals surface area contributed by atoms with Crippen LogP contribution in [0.25, 0.3) is 0 Å². The lowest BCUT2D eigenvalue weighted by Gasteiger charge is -2.61. The molecule has 2 saturated heterocycles. The highest BCUT2D eigenvalue weighted by Crippen LogP contribution is 2.55. The summed E-state index contributed by atoms with van der Waals surface area (Å²) < 4.78 is 0. The van der Waals surface area contributed by atoms with E-state index < -0.39 is 0 Å². The van der Waals surface area contributed by atoms with Crippen molar-refractivity contribution in [2.24, 2.45) is 11.3 Å². The number of piperidine rings is 1. The molecule has 1 N–H and O–H groups in total. The van der Waals surface area contributed by atoms with E-state index in [0.29, 0.717) is 17.7 Å². The SMILES string of the molecule is CC(C)CN1CC2(CCN(C(=O)C3=CC=C(N(C)C)CC3)CC2)C1c1ccc(O)cc1. The molecule has 1 spiro atoms. The van der Waals surface area contributed by atoms with Crippen LogP contribution < -0.4 is 0 Å².